The van der Waals surface area contributed by atoms with E-state index >= 15 is 0 Å². The Bertz CT molecular complexity index is 206. The van der Waals surface area contributed by atoms with Crippen LogP contribution in [-0.4, -0.2) is 45.6 Å². The van der Waals surface area contributed by atoms with E-state index in [0.717, 1.165) is 18.9 Å². The molecule has 0 amide bonds. The first-order valence-electron chi connectivity index (χ1n) is 4.86. The summed E-state index contributed by atoms with van der Waals surface area (Å²) in [6, 6.07) is 0. The van der Waals surface area contributed by atoms with Crippen LogP contribution in [0.2, 0.25) is 0 Å². The predicted molar refractivity (Wildman–Crippen MR) is 70.8 cm³/mol. The lowest BCUT2D eigenvalue weighted by Gasteiger charge is -2.22. The molecule has 0 aliphatic carbocycles. The summed E-state index contributed by atoms with van der Waals surface area (Å²) in [6.45, 7) is 4.13. The molecule has 6 heteroatoms. The molecule has 15 heavy (non-hydrogen) atoms. The van der Waals surface area contributed by atoms with Gasteiger partial charge in [0.2, 0.25) is 0 Å². The first kappa shape index (κ1) is 14.9. The van der Waals surface area contributed by atoms with Crippen LogP contribution in [0.25, 0.3) is 0 Å². The zero-order valence-electron chi connectivity index (χ0n) is 9.50. The maximum Gasteiger partial charge on any atom is 0.190 e. The van der Waals surface area contributed by atoms with E-state index < -0.39 is 5.79 Å². The number of hydrogen-bond donors (Lipinski definition) is 2. The van der Waals surface area contributed by atoms with Crippen molar-refractivity contribution in [3.05, 3.63) is 0 Å². The largest absolute Gasteiger partial charge is 0.359 e. The topological polar surface area (TPSA) is 54.9 Å². The molecule has 0 radical (unpaired) electrons. The maximum absolute atomic E-state index is 5.47. The standard InChI is InChI=1S/C9H19N3O2.HI/c1-9(13-6-7-14-9)4-5-12-8(10-2)11-3;/h4-7H2,1-3H3,(H2,10,11,12);1H. The molecule has 0 unspecified atom stereocenters. The molecule has 0 atom stereocenters. The molecule has 0 aromatic heterocycles. The van der Waals surface area contributed by atoms with Crippen molar-refractivity contribution in [3.63, 3.8) is 0 Å². The van der Waals surface area contributed by atoms with Crippen LogP contribution in [0.4, 0.5) is 0 Å². The number of nitrogens with zero attached hydrogens (tertiary/aromatic N) is 1. The number of nitrogens with one attached hydrogen (secondary N) is 2. The third kappa shape index (κ3) is 4.98. The molecule has 2 N–H and O–H groups in total. The quantitative estimate of drug-likeness (QED) is 0.451. The Morgan fingerprint density at radius 2 is 2.00 bits per heavy atom. The Morgan fingerprint density at radius 3 is 2.47 bits per heavy atom. The fourth-order valence-electron chi connectivity index (χ4n) is 1.39. The molecule has 5 nitrogen and oxygen atoms in total. The molecular formula is C9H20IN3O2. The zero-order chi connectivity index (χ0) is 10.4. The molecule has 1 fully saturated rings. The van der Waals surface area contributed by atoms with Gasteiger partial charge in [-0.3, -0.25) is 4.99 Å². The van der Waals surface area contributed by atoms with Gasteiger partial charge in [0.25, 0.3) is 0 Å². The molecule has 1 aliphatic heterocycles. The molecule has 0 spiro atoms. The second-order valence-corrected chi connectivity index (χ2v) is 3.33. The van der Waals surface area contributed by atoms with Gasteiger partial charge < -0.3 is 20.1 Å². The molecular weight excluding hydrogens is 309 g/mol. The van der Waals surface area contributed by atoms with Crippen LogP contribution >= 0.6 is 24.0 Å². The van der Waals surface area contributed by atoms with Gasteiger partial charge in [0.1, 0.15) is 0 Å². The highest BCUT2D eigenvalue weighted by Gasteiger charge is 2.30. The van der Waals surface area contributed by atoms with Crippen molar-refractivity contribution in [3.8, 4) is 0 Å². The predicted octanol–water partition coefficient (Wildman–Crippen LogP) is 0.552. The summed E-state index contributed by atoms with van der Waals surface area (Å²) in [5.41, 5.74) is 0. The summed E-state index contributed by atoms with van der Waals surface area (Å²) in [6.07, 6.45) is 0.813. The molecule has 1 saturated heterocycles. The normalized spacial score (nSPS) is 19.5. The number of aliphatic imine (C=N–C) groups is 1. The summed E-state index contributed by atoms with van der Waals surface area (Å²) in [4.78, 5) is 4.01. The van der Waals surface area contributed by atoms with Gasteiger partial charge in [0.15, 0.2) is 11.7 Å². The average molecular weight is 329 g/mol. The lowest BCUT2D eigenvalue weighted by atomic mass is 10.2. The number of rotatable bonds is 3. The van der Waals surface area contributed by atoms with Crippen molar-refractivity contribution < 1.29 is 9.47 Å². The van der Waals surface area contributed by atoms with Crippen molar-refractivity contribution in [2.45, 2.75) is 19.1 Å². The van der Waals surface area contributed by atoms with Gasteiger partial charge in [0.05, 0.1) is 13.2 Å². The fraction of sp³-hybridized carbons (Fsp3) is 0.889. The van der Waals surface area contributed by atoms with Crippen LogP contribution in [-0.2, 0) is 9.47 Å². The molecule has 0 saturated carbocycles. The van der Waals surface area contributed by atoms with Crippen molar-refractivity contribution in [2.75, 3.05) is 33.9 Å². The molecule has 1 aliphatic rings. The molecule has 90 valence electrons. The summed E-state index contributed by atoms with van der Waals surface area (Å²) >= 11 is 0. The fourth-order valence-corrected chi connectivity index (χ4v) is 1.39. The minimum absolute atomic E-state index is 0. The lowest BCUT2D eigenvalue weighted by Crippen LogP contribution is -2.38. The molecule has 0 aromatic rings. The van der Waals surface area contributed by atoms with Gasteiger partial charge in [-0.05, 0) is 6.92 Å². The van der Waals surface area contributed by atoms with Crippen molar-refractivity contribution in [2.24, 2.45) is 4.99 Å². The van der Waals surface area contributed by atoms with E-state index in [4.69, 9.17) is 9.47 Å². The molecule has 1 heterocycles. The van der Waals surface area contributed by atoms with E-state index in [1.807, 2.05) is 14.0 Å². The average Bonchev–Trinajstić information content (AvgIpc) is 2.60. The first-order chi connectivity index (χ1) is 6.70. The Labute approximate surface area is 108 Å². The maximum atomic E-state index is 5.47. The highest BCUT2D eigenvalue weighted by atomic mass is 127. The Kier molecular flexibility index (Phi) is 7.20. The summed E-state index contributed by atoms with van der Waals surface area (Å²) < 4.78 is 10.9. The Hall–Kier alpha value is -0.0800. The minimum atomic E-state index is -0.417. The highest BCUT2D eigenvalue weighted by molar-refractivity contribution is 14.0. The van der Waals surface area contributed by atoms with Crippen LogP contribution in [0.5, 0.6) is 0 Å². The zero-order valence-corrected chi connectivity index (χ0v) is 11.8. The van der Waals surface area contributed by atoms with Crippen LogP contribution in [0.3, 0.4) is 0 Å². The monoisotopic (exact) mass is 329 g/mol. The van der Waals surface area contributed by atoms with E-state index in [1.165, 1.54) is 0 Å². The first-order valence-corrected chi connectivity index (χ1v) is 4.86. The number of hydrogen-bond acceptors (Lipinski definition) is 3. The van der Waals surface area contributed by atoms with Crippen molar-refractivity contribution >= 4 is 29.9 Å². The van der Waals surface area contributed by atoms with Crippen molar-refractivity contribution in [1.29, 1.82) is 0 Å². The second kappa shape index (κ2) is 7.24. The van der Waals surface area contributed by atoms with E-state index in [1.54, 1.807) is 7.05 Å². The summed E-state index contributed by atoms with van der Waals surface area (Å²) in [5.74, 6) is 0.367. The Morgan fingerprint density at radius 1 is 1.40 bits per heavy atom. The highest BCUT2D eigenvalue weighted by Crippen LogP contribution is 2.21. The van der Waals surface area contributed by atoms with E-state index in [9.17, 15) is 0 Å². The summed E-state index contributed by atoms with van der Waals surface area (Å²) in [5, 5.41) is 6.10. The third-order valence-corrected chi connectivity index (χ3v) is 2.23. The molecule has 0 aromatic carbocycles. The van der Waals surface area contributed by atoms with Crippen LogP contribution < -0.4 is 10.6 Å². The van der Waals surface area contributed by atoms with Gasteiger partial charge in [-0.2, -0.15) is 0 Å². The smallest absolute Gasteiger partial charge is 0.190 e. The number of guanidine groups is 1. The Balaban J connectivity index is 0.00000196. The lowest BCUT2D eigenvalue weighted by molar-refractivity contribution is -0.145. The van der Waals surface area contributed by atoms with E-state index in [2.05, 4.69) is 15.6 Å². The van der Waals surface area contributed by atoms with Gasteiger partial charge in [-0.25, -0.2) is 0 Å². The summed E-state index contributed by atoms with van der Waals surface area (Å²) in [7, 11) is 3.57. The van der Waals surface area contributed by atoms with Crippen LogP contribution in [0.15, 0.2) is 4.99 Å². The van der Waals surface area contributed by atoms with Crippen LogP contribution in [0, 0.1) is 0 Å². The van der Waals surface area contributed by atoms with E-state index in [-0.39, 0.29) is 24.0 Å². The van der Waals surface area contributed by atoms with Gasteiger partial charge in [0, 0.05) is 27.1 Å². The molecule has 1 rings (SSSR count). The number of halogens is 1. The van der Waals surface area contributed by atoms with Gasteiger partial charge in [-0.15, -0.1) is 24.0 Å². The number of ether oxygens (including phenoxy) is 2. The third-order valence-electron chi connectivity index (χ3n) is 2.23. The van der Waals surface area contributed by atoms with Gasteiger partial charge >= 0.3 is 0 Å². The minimum Gasteiger partial charge on any atom is -0.359 e. The van der Waals surface area contributed by atoms with Crippen LogP contribution in [0.1, 0.15) is 13.3 Å². The second-order valence-electron chi connectivity index (χ2n) is 3.33. The van der Waals surface area contributed by atoms with Gasteiger partial charge in [-0.1, -0.05) is 0 Å². The SMILES string of the molecule is CN=C(NC)NCCC1(C)OCCO1.I. The van der Waals surface area contributed by atoms with E-state index in [0.29, 0.717) is 13.2 Å². The van der Waals surface area contributed by atoms with Crippen molar-refractivity contribution in [1.82, 2.24) is 10.6 Å². The molecule has 0 bridgehead atoms.